The van der Waals surface area contributed by atoms with Crippen molar-refractivity contribution < 1.29 is 28.4 Å². The van der Waals surface area contributed by atoms with Gasteiger partial charge in [0.25, 0.3) is 11.2 Å². The number of rotatable bonds is 8. The number of furan rings is 1. The molecule has 0 N–H and O–H groups in total. The van der Waals surface area contributed by atoms with Gasteiger partial charge in [0.2, 0.25) is 5.76 Å². The summed E-state index contributed by atoms with van der Waals surface area (Å²) in [5, 5.41) is 11.0. The number of nitro groups is 1. The number of allylic oxidation sites excluding steroid dienone is 1. The molecule has 206 valence electrons. The summed E-state index contributed by atoms with van der Waals surface area (Å²) in [6, 6.07) is 14.3. The number of thiazole rings is 1. The summed E-state index contributed by atoms with van der Waals surface area (Å²) in [7, 11) is 0. The maximum atomic E-state index is 13.7. The summed E-state index contributed by atoms with van der Waals surface area (Å²) >= 11 is 1.12. The third kappa shape index (κ3) is 5.54. The van der Waals surface area contributed by atoms with Crippen LogP contribution in [0, 0.1) is 10.1 Å². The maximum absolute atomic E-state index is 13.7. The number of hydrogen-bond donors (Lipinski definition) is 0. The Labute approximate surface area is 235 Å². The van der Waals surface area contributed by atoms with Gasteiger partial charge >= 0.3 is 11.9 Å². The van der Waals surface area contributed by atoms with Crippen LogP contribution in [0.5, 0.6) is 5.75 Å². The van der Waals surface area contributed by atoms with Crippen LogP contribution in [0.25, 0.3) is 6.08 Å². The Hall–Kier alpha value is -5.36. The zero-order valence-electron chi connectivity index (χ0n) is 21.5. The lowest BCUT2D eigenvalue weighted by molar-refractivity contribution is -0.384. The quantitative estimate of drug-likeness (QED) is 0.102. The number of carbonyl (C=O) groups is 2. The monoisotopic (exact) mass is 571 g/mol. The number of nitro benzene ring substituents is 1. The van der Waals surface area contributed by atoms with E-state index in [2.05, 4.69) is 11.6 Å². The maximum Gasteiger partial charge on any atom is 0.379 e. The number of ether oxygens (including phenoxy) is 2. The molecule has 4 aromatic rings. The molecule has 1 atom stereocenters. The number of nitrogens with zero attached hydrogens (tertiary/aromatic N) is 3. The highest BCUT2D eigenvalue weighted by atomic mass is 32.1. The van der Waals surface area contributed by atoms with E-state index in [1.165, 1.54) is 35.1 Å². The fourth-order valence-corrected chi connectivity index (χ4v) is 5.27. The summed E-state index contributed by atoms with van der Waals surface area (Å²) < 4.78 is 17.5. The summed E-state index contributed by atoms with van der Waals surface area (Å²) in [4.78, 5) is 54.5. The van der Waals surface area contributed by atoms with Crippen molar-refractivity contribution in [2.24, 2.45) is 4.99 Å². The van der Waals surface area contributed by atoms with Crippen LogP contribution in [-0.2, 0) is 9.53 Å². The van der Waals surface area contributed by atoms with Gasteiger partial charge in [-0.15, -0.1) is 0 Å². The van der Waals surface area contributed by atoms with E-state index < -0.39 is 28.5 Å². The Morgan fingerprint density at radius 1 is 1.15 bits per heavy atom. The fraction of sp³-hybridized carbons (Fsp3) is 0.103. The Bertz CT molecular complexity index is 1870. The van der Waals surface area contributed by atoms with E-state index in [9.17, 15) is 24.5 Å². The largest absolute Gasteiger partial charge is 0.458 e. The second-order valence-corrected chi connectivity index (χ2v) is 9.76. The molecule has 41 heavy (non-hydrogen) atoms. The Kier molecular flexibility index (Phi) is 7.57. The molecule has 5 rings (SSSR count). The molecule has 0 radical (unpaired) electrons. The van der Waals surface area contributed by atoms with Crippen LogP contribution in [0.1, 0.15) is 34.6 Å². The van der Waals surface area contributed by atoms with Gasteiger partial charge in [-0.2, -0.15) is 0 Å². The van der Waals surface area contributed by atoms with Crippen LogP contribution in [-0.4, -0.2) is 28.0 Å². The minimum absolute atomic E-state index is 0.0332. The lowest BCUT2D eigenvalue weighted by Crippen LogP contribution is -2.39. The third-order valence-electron chi connectivity index (χ3n) is 6.10. The van der Waals surface area contributed by atoms with E-state index in [1.807, 2.05) is 0 Å². The first-order valence-electron chi connectivity index (χ1n) is 12.2. The standard InChI is InChI=1S/C29H21N3O8S/c1-3-14-39-28(35)24-17(2)30-29-31(26(33)23(41-29)16-18-6-10-20(11-7-18)32(36)37)25(24)19-8-12-21(13-9-19)40-27(34)22-5-4-15-38-22/h3-13,15-16,25H,1,14H2,2H3/b23-16-. The molecule has 12 heteroatoms. The molecule has 1 aliphatic rings. The molecule has 0 spiro atoms. The number of benzene rings is 2. The molecule has 0 fully saturated rings. The predicted octanol–water partition coefficient (Wildman–Crippen LogP) is 3.68. The second kappa shape index (κ2) is 11.4. The number of non-ortho nitro benzene ring substituents is 1. The van der Waals surface area contributed by atoms with Crippen molar-refractivity contribution in [1.82, 2.24) is 4.57 Å². The van der Waals surface area contributed by atoms with Gasteiger partial charge in [0.1, 0.15) is 12.4 Å². The Morgan fingerprint density at radius 3 is 2.51 bits per heavy atom. The molecular weight excluding hydrogens is 550 g/mol. The van der Waals surface area contributed by atoms with Crippen molar-refractivity contribution in [3.8, 4) is 5.75 Å². The third-order valence-corrected chi connectivity index (χ3v) is 7.09. The molecular formula is C29H21N3O8S. The van der Waals surface area contributed by atoms with Crippen LogP contribution in [0.2, 0.25) is 0 Å². The first-order chi connectivity index (χ1) is 19.8. The van der Waals surface area contributed by atoms with Crippen LogP contribution < -0.4 is 19.6 Å². The Balaban J connectivity index is 1.57. The molecule has 11 nitrogen and oxygen atoms in total. The van der Waals surface area contributed by atoms with Crippen molar-refractivity contribution in [2.45, 2.75) is 13.0 Å². The highest BCUT2D eigenvalue weighted by Crippen LogP contribution is 2.32. The van der Waals surface area contributed by atoms with Crippen molar-refractivity contribution >= 4 is 35.0 Å². The number of esters is 2. The number of carbonyl (C=O) groups excluding carboxylic acids is 2. The van der Waals surface area contributed by atoms with Crippen molar-refractivity contribution in [2.75, 3.05) is 6.61 Å². The topological polar surface area (TPSA) is 143 Å². The average Bonchev–Trinajstić information content (AvgIpc) is 3.60. The van der Waals surface area contributed by atoms with E-state index >= 15 is 0 Å². The molecule has 1 unspecified atom stereocenters. The van der Waals surface area contributed by atoms with E-state index in [-0.39, 0.29) is 29.4 Å². The highest BCUT2D eigenvalue weighted by Gasteiger charge is 2.33. The molecule has 3 heterocycles. The molecule has 1 aliphatic heterocycles. The molecule has 0 saturated heterocycles. The highest BCUT2D eigenvalue weighted by molar-refractivity contribution is 7.07. The zero-order chi connectivity index (χ0) is 29.1. The lowest BCUT2D eigenvalue weighted by atomic mass is 9.96. The van der Waals surface area contributed by atoms with Crippen LogP contribution in [0.3, 0.4) is 0 Å². The number of aromatic nitrogens is 1. The fourth-order valence-electron chi connectivity index (χ4n) is 4.22. The van der Waals surface area contributed by atoms with Crippen molar-refractivity contribution in [3.05, 3.63) is 138 Å². The average molecular weight is 572 g/mol. The van der Waals surface area contributed by atoms with E-state index in [0.29, 0.717) is 26.2 Å². The van der Waals surface area contributed by atoms with Crippen molar-refractivity contribution in [3.63, 3.8) is 0 Å². The van der Waals surface area contributed by atoms with Crippen LogP contribution in [0.15, 0.2) is 105 Å². The minimum atomic E-state index is -0.891. The van der Waals surface area contributed by atoms with E-state index in [4.69, 9.17) is 13.9 Å². The summed E-state index contributed by atoms with van der Waals surface area (Å²) in [6.45, 7) is 5.20. The molecule has 0 bridgehead atoms. The summed E-state index contributed by atoms with van der Waals surface area (Å²) in [6.07, 6.45) is 4.40. The zero-order valence-corrected chi connectivity index (χ0v) is 22.3. The molecule has 2 aromatic carbocycles. The van der Waals surface area contributed by atoms with Gasteiger partial charge in [-0.1, -0.05) is 36.1 Å². The van der Waals surface area contributed by atoms with E-state index in [0.717, 1.165) is 11.3 Å². The van der Waals surface area contributed by atoms with Crippen LogP contribution >= 0.6 is 11.3 Å². The van der Waals surface area contributed by atoms with Gasteiger partial charge in [-0.25, -0.2) is 14.6 Å². The van der Waals surface area contributed by atoms with Gasteiger partial charge in [0.05, 0.1) is 33.0 Å². The minimum Gasteiger partial charge on any atom is -0.458 e. The predicted molar refractivity (Wildman–Crippen MR) is 148 cm³/mol. The first-order valence-corrected chi connectivity index (χ1v) is 13.0. The van der Waals surface area contributed by atoms with Gasteiger partial charge in [-0.3, -0.25) is 19.5 Å². The van der Waals surface area contributed by atoms with E-state index in [1.54, 1.807) is 55.5 Å². The van der Waals surface area contributed by atoms with Crippen LogP contribution in [0.4, 0.5) is 5.69 Å². The first kappa shape index (κ1) is 27.2. The number of hydrogen-bond acceptors (Lipinski definition) is 10. The van der Waals surface area contributed by atoms with Gasteiger partial charge < -0.3 is 13.9 Å². The molecule has 0 amide bonds. The normalized spacial score (nSPS) is 14.7. The summed E-state index contributed by atoms with van der Waals surface area (Å²) in [5.74, 6) is -1.06. The smallest absolute Gasteiger partial charge is 0.379 e. The number of fused-ring (bicyclic) bond motifs is 1. The molecule has 0 aliphatic carbocycles. The second-order valence-electron chi connectivity index (χ2n) is 8.75. The van der Waals surface area contributed by atoms with Gasteiger partial charge in [-0.05, 0) is 60.5 Å². The SMILES string of the molecule is C=CCOC(=O)C1=C(C)N=c2s/c(=C\c3ccc([N+](=O)[O-])cc3)c(=O)n2C1c1ccc(OC(=O)c2ccco2)cc1. The summed E-state index contributed by atoms with van der Waals surface area (Å²) in [5.41, 5.74) is 1.20. The van der Waals surface area contributed by atoms with Gasteiger partial charge in [0, 0.05) is 12.1 Å². The molecule has 0 saturated carbocycles. The lowest BCUT2D eigenvalue weighted by Gasteiger charge is -2.24. The Morgan fingerprint density at radius 2 is 1.88 bits per heavy atom. The van der Waals surface area contributed by atoms with Crippen molar-refractivity contribution in [1.29, 1.82) is 0 Å². The molecule has 2 aromatic heterocycles. The van der Waals surface area contributed by atoms with Gasteiger partial charge in [0.15, 0.2) is 4.80 Å².